The van der Waals surface area contributed by atoms with Gasteiger partial charge in [-0.25, -0.2) is 10.8 Å². The Balaban J connectivity index is 1.87. The van der Waals surface area contributed by atoms with Crippen molar-refractivity contribution in [3.05, 3.63) is 23.9 Å². The minimum Gasteiger partial charge on any atom is -0.308 e. The van der Waals surface area contributed by atoms with E-state index in [9.17, 15) is 0 Å². The predicted molar refractivity (Wildman–Crippen MR) is 78.7 cm³/mol. The number of nitrogen functional groups attached to an aromatic ring is 1. The van der Waals surface area contributed by atoms with Gasteiger partial charge in [0.2, 0.25) is 0 Å². The molecule has 2 rings (SSSR count). The fraction of sp³-hybridized carbons (Fsp3) is 0.643. The second-order valence-corrected chi connectivity index (χ2v) is 5.09. The van der Waals surface area contributed by atoms with Crippen molar-refractivity contribution in [2.45, 2.75) is 32.9 Å². The molecule has 2 heterocycles. The molecule has 106 valence electrons. The van der Waals surface area contributed by atoms with Crippen molar-refractivity contribution in [2.75, 3.05) is 31.6 Å². The molecule has 0 saturated carbocycles. The molecule has 1 atom stereocenters. The zero-order chi connectivity index (χ0) is 13.7. The number of anilines is 1. The highest BCUT2D eigenvalue weighted by atomic mass is 15.3. The number of nitrogens with two attached hydrogens (primary N) is 1. The highest BCUT2D eigenvalue weighted by molar-refractivity contribution is 5.33. The van der Waals surface area contributed by atoms with Crippen LogP contribution in [0.15, 0.2) is 18.3 Å². The number of likely N-dealkylation sites (N-methyl/N-ethyl adjacent to an activating group) is 1. The minimum absolute atomic E-state index is 0.714. The summed E-state index contributed by atoms with van der Waals surface area (Å²) < 4.78 is 0. The van der Waals surface area contributed by atoms with Gasteiger partial charge in [0.1, 0.15) is 5.82 Å². The van der Waals surface area contributed by atoms with Crippen LogP contribution in [-0.4, -0.2) is 47.0 Å². The fourth-order valence-electron chi connectivity index (χ4n) is 2.86. The van der Waals surface area contributed by atoms with E-state index in [2.05, 4.69) is 40.1 Å². The average molecular weight is 263 g/mol. The molecule has 0 bridgehead atoms. The average Bonchev–Trinajstić information content (AvgIpc) is 2.89. The van der Waals surface area contributed by atoms with Crippen LogP contribution in [0.4, 0.5) is 5.82 Å². The Morgan fingerprint density at radius 1 is 1.42 bits per heavy atom. The van der Waals surface area contributed by atoms with Gasteiger partial charge in [-0.15, -0.1) is 0 Å². The summed E-state index contributed by atoms with van der Waals surface area (Å²) in [5.41, 5.74) is 3.80. The fourth-order valence-corrected chi connectivity index (χ4v) is 2.86. The first-order chi connectivity index (χ1) is 9.26. The molecular weight excluding hydrogens is 238 g/mol. The van der Waals surface area contributed by atoms with Crippen LogP contribution in [0.2, 0.25) is 0 Å². The quantitative estimate of drug-likeness (QED) is 0.598. The van der Waals surface area contributed by atoms with E-state index in [0.29, 0.717) is 11.9 Å². The Bertz CT molecular complexity index is 374. The molecule has 5 nitrogen and oxygen atoms in total. The Morgan fingerprint density at radius 2 is 2.21 bits per heavy atom. The molecule has 1 fully saturated rings. The lowest BCUT2D eigenvalue weighted by atomic mass is 10.2. The van der Waals surface area contributed by atoms with E-state index in [1.807, 2.05) is 12.3 Å². The summed E-state index contributed by atoms with van der Waals surface area (Å²) in [5, 5.41) is 0. The van der Waals surface area contributed by atoms with E-state index in [4.69, 9.17) is 5.84 Å². The first-order valence-electron chi connectivity index (χ1n) is 7.14. The summed E-state index contributed by atoms with van der Waals surface area (Å²) in [6.45, 7) is 10.1. The Morgan fingerprint density at radius 3 is 2.79 bits per heavy atom. The molecule has 3 N–H and O–H groups in total. The summed E-state index contributed by atoms with van der Waals surface area (Å²) in [6, 6.07) is 4.73. The van der Waals surface area contributed by atoms with E-state index >= 15 is 0 Å². The Kier molecular flexibility index (Phi) is 5.13. The lowest BCUT2D eigenvalue weighted by molar-refractivity contribution is 0.209. The van der Waals surface area contributed by atoms with E-state index in [-0.39, 0.29) is 0 Å². The SMILES string of the molecule is CCN(CC)C1CCN(Cc2ccc(NN)nc2)C1. The lowest BCUT2D eigenvalue weighted by Crippen LogP contribution is -2.37. The van der Waals surface area contributed by atoms with Gasteiger partial charge in [-0.05, 0) is 31.1 Å². The van der Waals surface area contributed by atoms with Crippen LogP contribution in [0.1, 0.15) is 25.8 Å². The van der Waals surface area contributed by atoms with Gasteiger partial charge < -0.3 is 5.43 Å². The standard InChI is InChI=1S/C14H25N5/c1-3-19(4-2)13-7-8-18(11-13)10-12-5-6-14(17-15)16-9-12/h5-6,9,13H,3-4,7-8,10-11,15H2,1-2H3,(H,16,17). The number of hydrogen-bond donors (Lipinski definition) is 2. The van der Waals surface area contributed by atoms with Crippen molar-refractivity contribution in [2.24, 2.45) is 5.84 Å². The number of likely N-dealkylation sites (tertiary alicyclic amines) is 1. The molecule has 0 radical (unpaired) electrons. The highest BCUT2D eigenvalue weighted by Gasteiger charge is 2.25. The van der Waals surface area contributed by atoms with E-state index in [1.54, 1.807) is 0 Å². The molecule has 1 aromatic rings. The van der Waals surface area contributed by atoms with Gasteiger partial charge in [0.25, 0.3) is 0 Å². The summed E-state index contributed by atoms with van der Waals surface area (Å²) in [7, 11) is 0. The lowest BCUT2D eigenvalue weighted by Gasteiger charge is -2.26. The topological polar surface area (TPSA) is 57.4 Å². The van der Waals surface area contributed by atoms with Gasteiger partial charge in [-0.2, -0.15) is 0 Å². The summed E-state index contributed by atoms with van der Waals surface area (Å²) in [6.07, 6.45) is 3.18. The zero-order valence-corrected chi connectivity index (χ0v) is 12.0. The van der Waals surface area contributed by atoms with Crippen LogP contribution in [0, 0.1) is 0 Å². The van der Waals surface area contributed by atoms with E-state index in [1.165, 1.54) is 25.1 Å². The molecule has 1 unspecified atom stereocenters. The molecule has 1 aliphatic heterocycles. The molecule has 1 aliphatic rings. The molecule has 0 amide bonds. The maximum absolute atomic E-state index is 5.32. The highest BCUT2D eigenvalue weighted by Crippen LogP contribution is 2.18. The second-order valence-electron chi connectivity index (χ2n) is 5.09. The van der Waals surface area contributed by atoms with Gasteiger partial charge in [-0.3, -0.25) is 9.80 Å². The number of nitrogens with one attached hydrogen (secondary N) is 1. The number of aromatic nitrogens is 1. The van der Waals surface area contributed by atoms with Crippen LogP contribution in [0.25, 0.3) is 0 Å². The largest absolute Gasteiger partial charge is 0.308 e. The molecule has 5 heteroatoms. The second kappa shape index (κ2) is 6.84. The number of rotatable bonds is 6. The first kappa shape index (κ1) is 14.2. The summed E-state index contributed by atoms with van der Waals surface area (Å²) >= 11 is 0. The van der Waals surface area contributed by atoms with Crippen LogP contribution < -0.4 is 11.3 Å². The molecule has 0 spiro atoms. The van der Waals surface area contributed by atoms with Crippen molar-refractivity contribution in [3.63, 3.8) is 0 Å². The van der Waals surface area contributed by atoms with Crippen LogP contribution in [-0.2, 0) is 6.54 Å². The number of hydrazine groups is 1. The third-order valence-electron chi connectivity index (χ3n) is 3.96. The third-order valence-corrected chi connectivity index (χ3v) is 3.96. The number of hydrogen-bond acceptors (Lipinski definition) is 5. The van der Waals surface area contributed by atoms with Crippen molar-refractivity contribution >= 4 is 5.82 Å². The molecule has 19 heavy (non-hydrogen) atoms. The molecule has 0 aliphatic carbocycles. The number of pyridine rings is 1. The Hall–Kier alpha value is -1.17. The summed E-state index contributed by atoms with van der Waals surface area (Å²) in [5.74, 6) is 6.03. The molecule has 0 aromatic carbocycles. The molecule has 1 saturated heterocycles. The zero-order valence-electron chi connectivity index (χ0n) is 12.0. The van der Waals surface area contributed by atoms with Crippen molar-refractivity contribution in [1.29, 1.82) is 0 Å². The predicted octanol–water partition coefficient (Wildman–Crippen LogP) is 1.28. The number of nitrogens with zero attached hydrogens (tertiary/aromatic N) is 3. The summed E-state index contributed by atoms with van der Waals surface area (Å²) in [4.78, 5) is 9.32. The van der Waals surface area contributed by atoms with Gasteiger partial charge >= 0.3 is 0 Å². The van der Waals surface area contributed by atoms with Crippen molar-refractivity contribution in [3.8, 4) is 0 Å². The molecule has 1 aromatic heterocycles. The van der Waals surface area contributed by atoms with Gasteiger partial charge in [0, 0.05) is 31.9 Å². The van der Waals surface area contributed by atoms with Gasteiger partial charge in [-0.1, -0.05) is 19.9 Å². The Labute approximate surface area is 115 Å². The smallest absolute Gasteiger partial charge is 0.139 e. The van der Waals surface area contributed by atoms with Gasteiger partial charge in [0.15, 0.2) is 0 Å². The first-order valence-corrected chi connectivity index (χ1v) is 7.14. The molecular formula is C14H25N5. The van der Waals surface area contributed by atoms with Crippen molar-refractivity contribution in [1.82, 2.24) is 14.8 Å². The van der Waals surface area contributed by atoms with Crippen molar-refractivity contribution < 1.29 is 0 Å². The normalized spacial score (nSPS) is 20.1. The van der Waals surface area contributed by atoms with E-state index in [0.717, 1.165) is 19.6 Å². The van der Waals surface area contributed by atoms with Crippen LogP contribution in [0.5, 0.6) is 0 Å². The van der Waals surface area contributed by atoms with Gasteiger partial charge in [0.05, 0.1) is 0 Å². The maximum atomic E-state index is 5.32. The monoisotopic (exact) mass is 263 g/mol. The third kappa shape index (κ3) is 3.65. The minimum atomic E-state index is 0.714. The van der Waals surface area contributed by atoms with Crippen LogP contribution in [0.3, 0.4) is 0 Å². The maximum Gasteiger partial charge on any atom is 0.139 e. The van der Waals surface area contributed by atoms with Crippen LogP contribution >= 0.6 is 0 Å². The van der Waals surface area contributed by atoms with E-state index < -0.39 is 0 Å².